The van der Waals surface area contributed by atoms with Crippen LogP contribution in [0.1, 0.15) is 44.0 Å². The molecule has 26 heavy (non-hydrogen) atoms. The lowest BCUT2D eigenvalue weighted by molar-refractivity contribution is 0.0715. The molecule has 1 aliphatic rings. The second kappa shape index (κ2) is 7.68. The molecule has 0 atom stereocenters. The van der Waals surface area contributed by atoms with Crippen molar-refractivity contribution >= 4 is 11.8 Å². The molecule has 1 saturated heterocycles. The van der Waals surface area contributed by atoms with Gasteiger partial charge < -0.3 is 9.80 Å². The maximum absolute atomic E-state index is 13.0. The number of aryl methyl sites for hydroxylation is 3. The molecular formula is C21H25N3O2. The monoisotopic (exact) mass is 351 g/mol. The van der Waals surface area contributed by atoms with E-state index in [0.717, 1.165) is 23.1 Å². The number of hydrogen-bond donors (Lipinski definition) is 0. The van der Waals surface area contributed by atoms with Crippen molar-refractivity contribution in [2.75, 3.05) is 26.2 Å². The molecule has 2 heterocycles. The molecule has 0 bridgehead atoms. The van der Waals surface area contributed by atoms with Gasteiger partial charge in [0, 0.05) is 37.9 Å². The second-order valence-electron chi connectivity index (χ2n) is 6.90. The minimum absolute atomic E-state index is 0.0535. The van der Waals surface area contributed by atoms with Crippen LogP contribution in [0.15, 0.2) is 36.5 Å². The van der Waals surface area contributed by atoms with Gasteiger partial charge >= 0.3 is 0 Å². The molecule has 0 spiro atoms. The fraction of sp³-hybridized carbons (Fsp3) is 0.381. The van der Waals surface area contributed by atoms with Gasteiger partial charge in [0.1, 0.15) is 5.69 Å². The van der Waals surface area contributed by atoms with E-state index in [1.807, 2.05) is 30.9 Å². The maximum atomic E-state index is 13.0. The van der Waals surface area contributed by atoms with E-state index in [1.165, 1.54) is 5.56 Å². The van der Waals surface area contributed by atoms with Crippen LogP contribution in [0.5, 0.6) is 0 Å². The van der Waals surface area contributed by atoms with E-state index in [-0.39, 0.29) is 11.8 Å². The van der Waals surface area contributed by atoms with Crippen molar-refractivity contribution in [3.05, 3.63) is 64.5 Å². The number of rotatable bonds is 2. The molecule has 1 aromatic heterocycles. The first-order valence-corrected chi connectivity index (χ1v) is 9.05. The fourth-order valence-corrected chi connectivity index (χ4v) is 3.34. The molecule has 5 nitrogen and oxygen atoms in total. The van der Waals surface area contributed by atoms with Gasteiger partial charge in [0.15, 0.2) is 0 Å². The minimum Gasteiger partial charge on any atom is -0.337 e. The molecule has 0 aliphatic carbocycles. The van der Waals surface area contributed by atoms with Crippen molar-refractivity contribution in [1.29, 1.82) is 0 Å². The first-order valence-electron chi connectivity index (χ1n) is 9.05. The topological polar surface area (TPSA) is 53.5 Å². The molecule has 1 aromatic carbocycles. The smallest absolute Gasteiger partial charge is 0.272 e. The Morgan fingerprint density at radius 1 is 0.846 bits per heavy atom. The lowest BCUT2D eigenvalue weighted by Gasteiger charge is -2.23. The van der Waals surface area contributed by atoms with Gasteiger partial charge in [-0.15, -0.1) is 0 Å². The van der Waals surface area contributed by atoms with Gasteiger partial charge in [0.05, 0.1) is 0 Å². The van der Waals surface area contributed by atoms with Gasteiger partial charge in [0.25, 0.3) is 11.8 Å². The summed E-state index contributed by atoms with van der Waals surface area (Å²) < 4.78 is 0. The van der Waals surface area contributed by atoms with Gasteiger partial charge in [0.2, 0.25) is 0 Å². The summed E-state index contributed by atoms with van der Waals surface area (Å²) in [6.07, 6.45) is 2.40. The van der Waals surface area contributed by atoms with E-state index < -0.39 is 0 Å². The maximum Gasteiger partial charge on any atom is 0.272 e. The van der Waals surface area contributed by atoms with E-state index in [4.69, 9.17) is 0 Å². The van der Waals surface area contributed by atoms with Gasteiger partial charge in [-0.25, -0.2) is 0 Å². The van der Waals surface area contributed by atoms with Crippen LogP contribution in [-0.2, 0) is 0 Å². The highest BCUT2D eigenvalue weighted by atomic mass is 16.2. The summed E-state index contributed by atoms with van der Waals surface area (Å²) in [6.45, 7) is 8.45. The van der Waals surface area contributed by atoms with E-state index >= 15 is 0 Å². The Hall–Kier alpha value is -2.69. The highest BCUT2D eigenvalue weighted by molar-refractivity contribution is 5.96. The number of aromatic nitrogens is 1. The predicted molar refractivity (Wildman–Crippen MR) is 101 cm³/mol. The molecule has 0 N–H and O–H groups in total. The van der Waals surface area contributed by atoms with E-state index in [9.17, 15) is 9.59 Å². The summed E-state index contributed by atoms with van der Waals surface area (Å²) in [5.41, 5.74) is 4.54. The number of nitrogens with zero attached hydrogens (tertiary/aromatic N) is 3. The number of carbonyl (C=O) groups is 2. The Morgan fingerprint density at radius 2 is 1.50 bits per heavy atom. The van der Waals surface area contributed by atoms with Crippen LogP contribution in [0.2, 0.25) is 0 Å². The third-order valence-electron chi connectivity index (χ3n) is 5.03. The van der Waals surface area contributed by atoms with E-state index in [1.54, 1.807) is 23.2 Å². The van der Waals surface area contributed by atoms with Crippen LogP contribution in [0.4, 0.5) is 0 Å². The lowest BCUT2D eigenvalue weighted by atomic mass is 10.00. The van der Waals surface area contributed by atoms with Gasteiger partial charge in [-0.2, -0.15) is 0 Å². The molecule has 136 valence electrons. The third kappa shape index (κ3) is 3.77. The van der Waals surface area contributed by atoms with Crippen LogP contribution in [0, 0.1) is 20.8 Å². The van der Waals surface area contributed by atoms with Crippen LogP contribution in [0.3, 0.4) is 0 Å². The summed E-state index contributed by atoms with van der Waals surface area (Å²) in [7, 11) is 0. The molecule has 2 amide bonds. The Bertz CT molecular complexity index is 818. The standard InChI is InChI=1S/C21H25N3O2/c1-15-13-17(3)18(14-16(15)2)20(25)23-9-6-10-24(12-11-23)21(26)19-7-4-5-8-22-19/h4-5,7-8,13-14H,6,9-12H2,1-3H3. The molecule has 3 rings (SSSR count). The largest absolute Gasteiger partial charge is 0.337 e. The molecule has 0 saturated carbocycles. The van der Waals surface area contributed by atoms with Crippen molar-refractivity contribution in [1.82, 2.24) is 14.8 Å². The number of amides is 2. The molecule has 1 aliphatic heterocycles. The summed E-state index contributed by atoms with van der Waals surface area (Å²) in [4.78, 5) is 33.4. The summed E-state index contributed by atoms with van der Waals surface area (Å²) in [5, 5.41) is 0. The quantitative estimate of drug-likeness (QED) is 0.836. The first-order chi connectivity index (χ1) is 12.5. The highest BCUT2D eigenvalue weighted by Gasteiger charge is 2.24. The van der Waals surface area contributed by atoms with Crippen LogP contribution in [-0.4, -0.2) is 52.8 Å². The Kier molecular flexibility index (Phi) is 5.35. The average Bonchev–Trinajstić information content (AvgIpc) is 2.90. The summed E-state index contributed by atoms with van der Waals surface area (Å²) in [5.74, 6) is -0.0139. The zero-order chi connectivity index (χ0) is 18.7. The van der Waals surface area contributed by atoms with Gasteiger partial charge in [-0.05, 0) is 62.1 Å². The number of carbonyl (C=O) groups excluding carboxylic acids is 2. The van der Waals surface area contributed by atoms with Crippen LogP contribution >= 0.6 is 0 Å². The molecule has 2 aromatic rings. The molecule has 1 fully saturated rings. The third-order valence-corrected chi connectivity index (χ3v) is 5.03. The minimum atomic E-state index is -0.0674. The predicted octanol–water partition coefficient (Wildman–Crippen LogP) is 3.00. The van der Waals surface area contributed by atoms with Gasteiger partial charge in [-0.3, -0.25) is 14.6 Å². The van der Waals surface area contributed by atoms with Crippen LogP contribution in [0.25, 0.3) is 0 Å². The summed E-state index contributed by atoms with van der Waals surface area (Å²) >= 11 is 0. The number of hydrogen-bond acceptors (Lipinski definition) is 3. The zero-order valence-corrected chi connectivity index (χ0v) is 15.7. The fourth-order valence-electron chi connectivity index (χ4n) is 3.34. The Balaban J connectivity index is 1.72. The summed E-state index contributed by atoms with van der Waals surface area (Å²) in [6, 6.07) is 9.39. The van der Waals surface area contributed by atoms with E-state index in [2.05, 4.69) is 18.0 Å². The highest BCUT2D eigenvalue weighted by Crippen LogP contribution is 2.18. The SMILES string of the molecule is Cc1cc(C)c(C(=O)N2CCCN(C(=O)c3ccccn3)CC2)cc1C. The van der Waals surface area contributed by atoms with Crippen molar-refractivity contribution in [3.8, 4) is 0 Å². The van der Waals surface area contributed by atoms with E-state index in [0.29, 0.717) is 31.9 Å². The molecule has 0 unspecified atom stereocenters. The molecular weight excluding hydrogens is 326 g/mol. The number of pyridine rings is 1. The Morgan fingerprint density at radius 3 is 2.15 bits per heavy atom. The van der Waals surface area contributed by atoms with Crippen LogP contribution < -0.4 is 0 Å². The normalized spacial score (nSPS) is 14.9. The molecule has 5 heteroatoms. The van der Waals surface area contributed by atoms with Crippen molar-refractivity contribution in [3.63, 3.8) is 0 Å². The number of benzene rings is 1. The molecule has 0 radical (unpaired) electrons. The first kappa shape index (κ1) is 18.1. The average molecular weight is 351 g/mol. The van der Waals surface area contributed by atoms with Crippen molar-refractivity contribution in [2.24, 2.45) is 0 Å². The lowest BCUT2D eigenvalue weighted by Crippen LogP contribution is -2.37. The van der Waals surface area contributed by atoms with Gasteiger partial charge in [-0.1, -0.05) is 12.1 Å². The van der Waals surface area contributed by atoms with Crippen molar-refractivity contribution in [2.45, 2.75) is 27.2 Å². The second-order valence-corrected chi connectivity index (χ2v) is 6.90. The zero-order valence-electron chi connectivity index (χ0n) is 15.7. The Labute approximate surface area is 154 Å². The van der Waals surface area contributed by atoms with Crippen molar-refractivity contribution < 1.29 is 9.59 Å².